The van der Waals surface area contributed by atoms with E-state index in [4.69, 9.17) is 4.74 Å². The van der Waals surface area contributed by atoms with Gasteiger partial charge >= 0.3 is 5.97 Å². The number of carbonyl (C=O) groups excluding carboxylic acids is 2. The summed E-state index contributed by atoms with van der Waals surface area (Å²) in [5.41, 5.74) is 4.97. The van der Waals surface area contributed by atoms with Crippen LogP contribution in [0.1, 0.15) is 17.3 Å². The standard InChI is InChI=1S/C25H23N5O3/c1-3-33-24(31)16-29(2)25(32)22-13-21(14-23(15-22)30-17-26-27-28-30)20-11-7-10-19(12-20)18-8-5-4-6-9-18/h4-15,17H,3,16H2,1-2H3. The zero-order valence-corrected chi connectivity index (χ0v) is 18.4. The summed E-state index contributed by atoms with van der Waals surface area (Å²) in [6.45, 7) is 1.85. The van der Waals surface area contributed by atoms with Gasteiger partial charge in [0, 0.05) is 12.6 Å². The van der Waals surface area contributed by atoms with Crippen molar-refractivity contribution in [2.45, 2.75) is 6.92 Å². The van der Waals surface area contributed by atoms with Crippen LogP contribution in [0.2, 0.25) is 0 Å². The molecule has 0 aliphatic rings. The number of amides is 1. The summed E-state index contributed by atoms with van der Waals surface area (Å²) in [4.78, 5) is 26.3. The van der Waals surface area contributed by atoms with Crippen molar-refractivity contribution < 1.29 is 14.3 Å². The summed E-state index contributed by atoms with van der Waals surface area (Å²) in [7, 11) is 1.57. The number of ether oxygens (including phenoxy) is 1. The van der Waals surface area contributed by atoms with Gasteiger partial charge in [0.15, 0.2) is 0 Å². The number of carbonyl (C=O) groups is 2. The molecule has 1 amide bonds. The summed E-state index contributed by atoms with van der Waals surface area (Å²) in [5.74, 6) is -0.765. The quantitative estimate of drug-likeness (QED) is 0.407. The average molecular weight is 441 g/mol. The van der Waals surface area contributed by atoms with Gasteiger partial charge in [-0.05, 0) is 63.9 Å². The Morgan fingerprint density at radius 1 is 0.909 bits per heavy atom. The molecular formula is C25H23N5O3. The molecule has 8 nitrogen and oxygen atoms in total. The Kier molecular flexibility index (Phi) is 6.54. The molecule has 1 aromatic heterocycles. The Hall–Kier alpha value is -4.33. The molecule has 4 aromatic rings. The third-order valence-electron chi connectivity index (χ3n) is 5.10. The van der Waals surface area contributed by atoms with Crippen LogP contribution >= 0.6 is 0 Å². The van der Waals surface area contributed by atoms with Crippen molar-refractivity contribution in [1.82, 2.24) is 25.1 Å². The molecule has 0 unspecified atom stereocenters. The number of tetrazole rings is 1. The van der Waals surface area contributed by atoms with Gasteiger partial charge in [0.25, 0.3) is 5.91 Å². The Morgan fingerprint density at radius 2 is 1.64 bits per heavy atom. The Balaban J connectivity index is 1.74. The lowest BCUT2D eigenvalue weighted by atomic mass is 9.97. The van der Waals surface area contributed by atoms with Gasteiger partial charge in [-0.3, -0.25) is 9.59 Å². The molecule has 4 rings (SSSR count). The van der Waals surface area contributed by atoms with E-state index in [2.05, 4.69) is 33.7 Å². The van der Waals surface area contributed by atoms with Crippen LogP contribution in [-0.4, -0.2) is 57.2 Å². The van der Waals surface area contributed by atoms with Crippen LogP contribution in [0.5, 0.6) is 0 Å². The van der Waals surface area contributed by atoms with Gasteiger partial charge < -0.3 is 9.64 Å². The van der Waals surface area contributed by atoms with Crippen molar-refractivity contribution in [2.24, 2.45) is 0 Å². The van der Waals surface area contributed by atoms with Gasteiger partial charge in [-0.25, -0.2) is 4.68 Å². The summed E-state index contributed by atoms with van der Waals surface area (Å²) in [6.07, 6.45) is 1.47. The van der Waals surface area contributed by atoms with E-state index >= 15 is 0 Å². The van der Waals surface area contributed by atoms with Crippen LogP contribution in [0, 0.1) is 0 Å². The number of hydrogen-bond acceptors (Lipinski definition) is 6. The zero-order chi connectivity index (χ0) is 23.2. The van der Waals surface area contributed by atoms with Gasteiger partial charge in [-0.15, -0.1) is 5.10 Å². The molecule has 0 fully saturated rings. The predicted molar refractivity (Wildman–Crippen MR) is 124 cm³/mol. The number of nitrogens with zero attached hydrogens (tertiary/aromatic N) is 5. The average Bonchev–Trinajstić information content (AvgIpc) is 3.39. The Morgan fingerprint density at radius 3 is 2.33 bits per heavy atom. The topological polar surface area (TPSA) is 90.2 Å². The van der Waals surface area contributed by atoms with Gasteiger partial charge in [-0.1, -0.05) is 48.5 Å². The van der Waals surface area contributed by atoms with Gasteiger partial charge in [0.2, 0.25) is 0 Å². The third kappa shape index (κ3) is 5.12. The largest absolute Gasteiger partial charge is 0.465 e. The molecule has 0 spiro atoms. The molecule has 166 valence electrons. The molecule has 0 saturated carbocycles. The molecule has 1 heterocycles. The SMILES string of the molecule is CCOC(=O)CN(C)C(=O)c1cc(-c2cccc(-c3ccccc3)c2)cc(-n2cnnn2)c1. The number of esters is 1. The fourth-order valence-corrected chi connectivity index (χ4v) is 3.51. The van der Waals surface area contributed by atoms with E-state index in [0.717, 1.165) is 22.3 Å². The first-order chi connectivity index (χ1) is 16.0. The molecule has 0 radical (unpaired) electrons. The maximum atomic E-state index is 13.1. The molecule has 0 saturated heterocycles. The van der Waals surface area contributed by atoms with E-state index in [1.165, 1.54) is 15.9 Å². The van der Waals surface area contributed by atoms with E-state index < -0.39 is 5.97 Å². The molecule has 33 heavy (non-hydrogen) atoms. The molecule has 3 aromatic carbocycles. The van der Waals surface area contributed by atoms with Crippen LogP contribution in [0.4, 0.5) is 0 Å². The second-order valence-corrected chi connectivity index (χ2v) is 7.44. The van der Waals surface area contributed by atoms with Crippen LogP contribution in [0.15, 0.2) is 79.1 Å². The predicted octanol–water partition coefficient (Wildman–Crippen LogP) is 3.63. The van der Waals surface area contributed by atoms with Crippen LogP contribution in [0.3, 0.4) is 0 Å². The first kappa shape index (κ1) is 21.9. The summed E-state index contributed by atoms with van der Waals surface area (Å²) >= 11 is 0. The molecular weight excluding hydrogens is 418 g/mol. The molecule has 8 heteroatoms. The Labute approximate surface area is 191 Å². The number of likely N-dealkylation sites (N-methyl/N-ethyl adjacent to an activating group) is 1. The normalized spacial score (nSPS) is 10.6. The van der Waals surface area contributed by atoms with E-state index in [1.54, 1.807) is 20.0 Å². The molecule has 0 aliphatic heterocycles. The number of aromatic nitrogens is 4. The molecule has 0 aliphatic carbocycles. The molecule has 0 bridgehead atoms. The highest BCUT2D eigenvalue weighted by molar-refractivity contribution is 5.97. The lowest BCUT2D eigenvalue weighted by Crippen LogP contribution is -2.33. The summed E-state index contributed by atoms with van der Waals surface area (Å²) in [5, 5.41) is 11.4. The fourth-order valence-electron chi connectivity index (χ4n) is 3.51. The van der Waals surface area contributed by atoms with Gasteiger partial charge in [0.05, 0.1) is 12.3 Å². The lowest BCUT2D eigenvalue weighted by Gasteiger charge is -2.17. The lowest BCUT2D eigenvalue weighted by molar-refractivity contribution is -0.143. The van der Waals surface area contributed by atoms with Crippen molar-refractivity contribution in [3.63, 3.8) is 0 Å². The minimum Gasteiger partial charge on any atom is -0.465 e. The summed E-state index contributed by atoms with van der Waals surface area (Å²) in [6, 6.07) is 23.6. The van der Waals surface area contributed by atoms with E-state index in [0.29, 0.717) is 11.3 Å². The number of rotatable bonds is 7. The highest BCUT2D eigenvalue weighted by Gasteiger charge is 2.18. The van der Waals surface area contributed by atoms with Crippen molar-refractivity contribution in [1.29, 1.82) is 0 Å². The second kappa shape index (κ2) is 9.86. The van der Waals surface area contributed by atoms with E-state index in [-0.39, 0.29) is 19.1 Å². The van der Waals surface area contributed by atoms with E-state index in [9.17, 15) is 9.59 Å². The molecule has 0 N–H and O–H groups in total. The summed E-state index contributed by atoms with van der Waals surface area (Å²) < 4.78 is 6.46. The van der Waals surface area contributed by atoms with Crippen LogP contribution in [0.25, 0.3) is 27.9 Å². The fraction of sp³-hybridized carbons (Fsp3) is 0.160. The highest BCUT2D eigenvalue weighted by atomic mass is 16.5. The van der Waals surface area contributed by atoms with Crippen LogP contribution < -0.4 is 0 Å². The van der Waals surface area contributed by atoms with E-state index in [1.807, 2.05) is 48.5 Å². The van der Waals surface area contributed by atoms with Crippen molar-refractivity contribution in [2.75, 3.05) is 20.2 Å². The second-order valence-electron chi connectivity index (χ2n) is 7.44. The van der Waals surface area contributed by atoms with Crippen LogP contribution in [-0.2, 0) is 9.53 Å². The zero-order valence-electron chi connectivity index (χ0n) is 18.4. The first-order valence-electron chi connectivity index (χ1n) is 10.5. The smallest absolute Gasteiger partial charge is 0.325 e. The minimum atomic E-state index is -0.458. The first-order valence-corrected chi connectivity index (χ1v) is 10.5. The maximum absolute atomic E-state index is 13.1. The van der Waals surface area contributed by atoms with Gasteiger partial charge in [-0.2, -0.15) is 0 Å². The monoisotopic (exact) mass is 441 g/mol. The molecule has 0 atom stereocenters. The van der Waals surface area contributed by atoms with Gasteiger partial charge in [0.1, 0.15) is 12.9 Å². The number of benzene rings is 3. The van der Waals surface area contributed by atoms with Crippen molar-refractivity contribution in [3.8, 4) is 27.9 Å². The Bertz CT molecular complexity index is 1260. The minimum absolute atomic E-state index is 0.138. The maximum Gasteiger partial charge on any atom is 0.325 e. The van der Waals surface area contributed by atoms with Crippen molar-refractivity contribution in [3.05, 3.63) is 84.7 Å². The third-order valence-corrected chi connectivity index (χ3v) is 5.10. The number of hydrogen-bond donors (Lipinski definition) is 0. The van der Waals surface area contributed by atoms with Crippen molar-refractivity contribution >= 4 is 11.9 Å². The highest BCUT2D eigenvalue weighted by Crippen LogP contribution is 2.29.